The van der Waals surface area contributed by atoms with Crippen LogP contribution in [0.2, 0.25) is 0 Å². The molecular formula is C20H33N3O. The summed E-state index contributed by atoms with van der Waals surface area (Å²) in [6, 6.07) is 7.98. The summed E-state index contributed by atoms with van der Waals surface area (Å²) >= 11 is 0. The van der Waals surface area contributed by atoms with Gasteiger partial charge in [-0.3, -0.25) is 9.69 Å². The quantitative estimate of drug-likeness (QED) is 0.808. The molecule has 0 saturated carbocycles. The molecule has 1 fully saturated rings. The third-order valence-corrected chi connectivity index (χ3v) is 5.40. The number of amides is 1. The lowest BCUT2D eigenvalue weighted by atomic mass is 9.98. The number of carbonyl (C=O) groups is 1. The van der Waals surface area contributed by atoms with Gasteiger partial charge in [-0.05, 0) is 48.9 Å². The SMILES string of the molecule is CCC(C)C(N)C(=O)NCc1ccccc1CN1CCC(C)CC1. The lowest BCUT2D eigenvalue weighted by Gasteiger charge is -2.30. The molecule has 4 nitrogen and oxygen atoms in total. The maximum Gasteiger partial charge on any atom is 0.237 e. The van der Waals surface area contributed by atoms with Gasteiger partial charge < -0.3 is 11.1 Å². The predicted molar refractivity (Wildman–Crippen MR) is 99.4 cm³/mol. The fourth-order valence-electron chi connectivity index (χ4n) is 3.16. The Morgan fingerprint density at radius 1 is 1.29 bits per heavy atom. The van der Waals surface area contributed by atoms with Crippen LogP contribution >= 0.6 is 0 Å². The van der Waals surface area contributed by atoms with Crippen LogP contribution in [0.3, 0.4) is 0 Å². The van der Waals surface area contributed by atoms with Crippen LogP contribution in [0.15, 0.2) is 24.3 Å². The number of nitrogens with zero attached hydrogens (tertiary/aromatic N) is 1. The van der Waals surface area contributed by atoms with Gasteiger partial charge in [-0.1, -0.05) is 51.5 Å². The van der Waals surface area contributed by atoms with E-state index >= 15 is 0 Å². The molecule has 0 radical (unpaired) electrons. The highest BCUT2D eigenvalue weighted by atomic mass is 16.2. The van der Waals surface area contributed by atoms with E-state index in [4.69, 9.17) is 5.73 Å². The van der Waals surface area contributed by atoms with E-state index in [1.54, 1.807) is 0 Å². The highest BCUT2D eigenvalue weighted by molar-refractivity contribution is 5.81. The summed E-state index contributed by atoms with van der Waals surface area (Å²) in [6.45, 7) is 10.3. The number of carbonyl (C=O) groups excluding carboxylic acids is 1. The van der Waals surface area contributed by atoms with Crippen molar-refractivity contribution in [1.82, 2.24) is 10.2 Å². The van der Waals surface area contributed by atoms with Crippen molar-refractivity contribution in [3.8, 4) is 0 Å². The van der Waals surface area contributed by atoms with E-state index in [1.807, 2.05) is 13.0 Å². The second kappa shape index (κ2) is 9.19. The van der Waals surface area contributed by atoms with E-state index in [1.165, 1.54) is 37.1 Å². The molecule has 4 heteroatoms. The number of hydrogen-bond donors (Lipinski definition) is 2. The van der Waals surface area contributed by atoms with Crippen molar-refractivity contribution in [2.45, 2.75) is 59.2 Å². The van der Waals surface area contributed by atoms with Gasteiger partial charge in [-0.25, -0.2) is 0 Å². The first-order valence-corrected chi connectivity index (χ1v) is 9.33. The minimum absolute atomic E-state index is 0.0500. The topological polar surface area (TPSA) is 58.4 Å². The average Bonchev–Trinajstić information content (AvgIpc) is 2.61. The Morgan fingerprint density at radius 2 is 1.92 bits per heavy atom. The van der Waals surface area contributed by atoms with Gasteiger partial charge in [0.05, 0.1) is 6.04 Å². The Hall–Kier alpha value is -1.39. The molecule has 1 heterocycles. The largest absolute Gasteiger partial charge is 0.351 e. The van der Waals surface area contributed by atoms with Gasteiger partial charge in [0.1, 0.15) is 0 Å². The summed E-state index contributed by atoms with van der Waals surface area (Å²) in [7, 11) is 0. The lowest BCUT2D eigenvalue weighted by Crippen LogP contribution is -2.44. The number of benzene rings is 1. The summed E-state index contributed by atoms with van der Waals surface area (Å²) in [6.07, 6.45) is 3.48. The molecule has 2 rings (SSSR count). The first-order valence-electron chi connectivity index (χ1n) is 9.33. The molecule has 1 aliphatic heterocycles. The zero-order valence-electron chi connectivity index (χ0n) is 15.4. The van der Waals surface area contributed by atoms with Gasteiger partial charge in [-0.2, -0.15) is 0 Å². The molecule has 3 N–H and O–H groups in total. The Bertz CT molecular complexity index is 523. The number of hydrogen-bond acceptors (Lipinski definition) is 3. The van der Waals surface area contributed by atoms with Crippen LogP contribution < -0.4 is 11.1 Å². The molecule has 1 saturated heterocycles. The zero-order valence-corrected chi connectivity index (χ0v) is 15.4. The van der Waals surface area contributed by atoms with Gasteiger partial charge in [0, 0.05) is 13.1 Å². The second-order valence-corrected chi connectivity index (χ2v) is 7.36. The molecule has 1 aromatic carbocycles. The van der Waals surface area contributed by atoms with Crippen molar-refractivity contribution < 1.29 is 4.79 Å². The first-order chi connectivity index (χ1) is 11.5. The third-order valence-electron chi connectivity index (χ3n) is 5.40. The molecule has 1 aromatic rings. The molecular weight excluding hydrogens is 298 g/mol. The van der Waals surface area contributed by atoms with E-state index in [0.29, 0.717) is 6.54 Å². The fraction of sp³-hybridized carbons (Fsp3) is 0.650. The van der Waals surface area contributed by atoms with Crippen LogP contribution in [-0.4, -0.2) is 29.9 Å². The molecule has 24 heavy (non-hydrogen) atoms. The van der Waals surface area contributed by atoms with E-state index in [0.717, 1.165) is 18.9 Å². The minimum Gasteiger partial charge on any atom is -0.351 e. The Balaban J connectivity index is 1.92. The van der Waals surface area contributed by atoms with Crippen molar-refractivity contribution in [3.05, 3.63) is 35.4 Å². The normalized spacial score (nSPS) is 19.0. The smallest absolute Gasteiger partial charge is 0.237 e. The average molecular weight is 332 g/mol. The summed E-state index contributed by atoms with van der Waals surface area (Å²) in [5.41, 5.74) is 8.52. The van der Waals surface area contributed by atoms with Gasteiger partial charge in [0.25, 0.3) is 0 Å². The van der Waals surface area contributed by atoms with Crippen LogP contribution in [0.4, 0.5) is 0 Å². The summed E-state index contributed by atoms with van der Waals surface area (Å²) in [5, 5.41) is 3.02. The Morgan fingerprint density at radius 3 is 2.54 bits per heavy atom. The molecule has 134 valence electrons. The van der Waals surface area contributed by atoms with E-state index in [2.05, 4.69) is 42.3 Å². The van der Waals surface area contributed by atoms with Crippen molar-refractivity contribution in [2.75, 3.05) is 13.1 Å². The lowest BCUT2D eigenvalue weighted by molar-refractivity contribution is -0.123. The molecule has 0 spiro atoms. The van der Waals surface area contributed by atoms with Gasteiger partial charge in [0.15, 0.2) is 0 Å². The molecule has 2 atom stereocenters. The summed E-state index contributed by atoms with van der Waals surface area (Å²) in [4.78, 5) is 14.7. The first kappa shape index (κ1) is 18.9. The number of likely N-dealkylation sites (tertiary alicyclic amines) is 1. The fourth-order valence-corrected chi connectivity index (χ4v) is 3.16. The monoisotopic (exact) mass is 331 g/mol. The Kier molecular flexibility index (Phi) is 7.25. The molecule has 1 aliphatic rings. The minimum atomic E-state index is -0.425. The molecule has 1 amide bonds. The van der Waals surface area contributed by atoms with Crippen LogP contribution in [0, 0.1) is 11.8 Å². The highest BCUT2D eigenvalue weighted by Gasteiger charge is 2.20. The predicted octanol–water partition coefficient (Wildman–Crippen LogP) is 2.91. The highest BCUT2D eigenvalue weighted by Crippen LogP contribution is 2.19. The summed E-state index contributed by atoms with van der Waals surface area (Å²) < 4.78 is 0. The molecule has 0 aliphatic carbocycles. The van der Waals surface area contributed by atoms with E-state index in [-0.39, 0.29) is 11.8 Å². The zero-order chi connectivity index (χ0) is 17.5. The maximum absolute atomic E-state index is 12.2. The summed E-state index contributed by atoms with van der Waals surface area (Å²) in [5.74, 6) is 0.999. The van der Waals surface area contributed by atoms with Gasteiger partial charge >= 0.3 is 0 Å². The van der Waals surface area contributed by atoms with Crippen molar-refractivity contribution >= 4 is 5.91 Å². The van der Waals surface area contributed by atoms with E-state index < -0.39 is 6.04 Å². The van der Waals surface area contributed by atoms with Crippen molar-refractivity contribution in [3.63, 3.8) is 0 Å². The molecule has 0 aromatic heterocycles. The van der Waals surface area contributed by atoms with Crippen molar-refractivity contribution in [1.29, 1.82) is 0 Å². The number of nitrogens with two attached hydrogens (primary N) is 1. The Labute approximate surface area is 146 Å². The molecule has 0 bridgehead atoms. The number of piperidine rings is 1. The van der Waals surface area contributed by atoms with Crippen LogP contribution in [0.25, 0.3) is 0 Å². The van der Waals surface area contributed by atoms with Crippen LogP contribution in [0.1, 0.15) is 51.2 Å². The van der Waals surface area contributed by atoms with Crippen molar-refractivity contribution in [2.24, 2.45) is 17.6 Å². The maximum atomic E-state index is 12.2. The van der Waals surface area contributed by atoms with E-state index in [9.17, 15) is 4.79 Å². The third kappa shape index (κ3) is 5.32. The second-order valence-electron chi connectivity index (χ2n) is 7.36. The van der Waals surface area contributed by atoms with Gasteiger partial charge in [-0.15, -0.1) is 0 Å². The number of nitrogens with one attached hydrogen (secondary N) is 1. The molecule has 2 unspecified atom stereocenters. The van der Waals surface area contributed by atoms with Crippen LogP contribution in [-0.2, 0) is 17.9 Å². The number of rotatable bonds is 7. The van der Waals surface area contributed by atoms with Crippen LogP contribution in [0.5, 0.6) is 0 Å². The standard InChI is InChI=1S/C20H33N3O/c1-4-16(3)19(21)20(24)22-13-17-7-5-6-8-18(17)14-23-11-9-15(2)10-12-23/h5-8,15-16,19H,4,9-14,21H2,1-3H3,(H,22,24). The van der Waals surface area contributed by atoms with Gasteiger partial charge in [0.2, 0.25) is 5.91 Å².